The summed E-state index contributed by atoms with van der Waals surface area (Å²) in [5.41, 5.74) is 0. The number of hydrogen-bond acceptors (Lipinski definition) is 7. The Kier molecular flexibility index (Phi) is 5.64. The van der Waals surface area contributed by atoms with Gasteiger partial charge < -0.3 is 24.2 Å². The summed E-state index contributed by atoms with van der Waals surface area (Å²) in [6, 6.07) is 0. The monoisotopic (exact) mass is 298 g/mol. The second-order valence-corrected chi connectivity index (χ2v) is 4.43. The van der Waals surface area contributed by atoms with Gasteiger partial charge in [-0.3, -0.25) is 9.59 Å². The molecule has 116 valence electrons. The molecule has 0 spiro atoms. The Bertz CT molecular complexity index is 484. The number of aromatic nitrogens is 2. The summed E-state index contributed by atoms with van der Waals surface area (Å²) in [7, 11) is 1.54. The zero-order chi connectivity index (χ0) is 15.1. The Hall–Kier alpha value is -2.00. The van der Waals surface area contributed by atoms with Gasteiger partial charge in [-0.1, -0.05) is 5.16 Å². The van der Waals surface area contributed by atoms with Crippen LogP contribution >= 0.6 is 0 Å². The quantitative estimate of drug-likeness (QED) is 0.661. The first-order valence-electron chi connectivity index (χ1n) is 6.66. The Morgan fingerprint density at radius 1 is 1.38 bits per heavy atom. The van der Waals surface area contributed by atoms with Crippen molar-refractivity contribution in [1.82, 2.24) is 20.4 Å². The second kappa shape index (κ2) is 7.70. The fourth-order valence-corrected chi connectivity index (χ4v) is 1.82. The van der Waals surface area contributed by atoms with E-state index in [2.05, 4.69) is 15.5 Å². The number of carbonyl (C=O) groups is 2. The van der Waals surface area contributed by atoms with Crippen LogP contribution in [0.4, 0.5) is 0 Å². The third-order valence-corrected chi connectivity index (χ3v) is 2.93. The summed E-state index contributed by atoms with van der Waals surface area (Å²) >= 11 is 0. The van der Waals surface area contributed by atoms with Crippen molar-refractivity contribution in [2.24, 2.45) is 0 Å². The van der Waals surface area contributed by atoms with E-state index >= 15 is 0 Å². The van der Waals surface area contributed by atoms with E-state index in [-0.39, 0.29) is 24.0 Å². The van der Waals surface area contributed by atoms with Crippen molar-refractivity contribution in [3.8, 4) is 0 Å². The molecule has 2 amide bonds. The zero-order valence-corrected chi connectivity index (χ0v) is 11.8. The lowest BCUT2D eigenvalue weighted by Gasteiger charge is -2.26. The van der Waals surface area contributed by atoms with E-state index in [1.54, 1.807) is 4.90 Å². The minimum atomic E-state index is -0.482. The molecule has 0 bridgehead atoms. The van der Waals surface area contributed by atoms with Crippen LogP contribution < -0.4 is 5.32 Å². The van der Waals surface area contributed by atoms with Crippen LogP contribution in [0.3, 0.4) is 0 Å². The average Bonchev–Trinajstić information content (AvgIpc) is 2.97. The lowest BCUT2D eigenvalue weighted by Crippen LogP contribution is -2.41. The van der Waals surface area contributed by atoms with Crippen LogP contribution in [0.5, 0.6) is 0 Å². The number of morpholine rings is 1. The predicted molar refractivity (Wildman–Crippen MR) is 69.6 cm³/mol. The molecule has 0 saturated carbocycles. The summed E-state index contributed by atoms with van der Waals surface area (Å²) in [6.45, 7) is 2.92. The maximum absolute atomic E-state index is 12.0. The highest BCUT2D eigenvalue weighted by molar-refractivity contribution is 5.89. The van der Waals surface area contributed by atoms with Gasteiger partial charge in [0.15, 0.2) is 5.82 Å². The first-order chi connectivity index (χ1) is 10.2. The first-order valence-corrected chi connectivity index (χ1v) is 6.66. The Morgan fingerprint density at radius 2 is 2.14 bits per heavy atom. The minimum absolute atomic E-state index is 0.00878. The van der Waals surface area contributed by atoms with Gasteiger partial charge in [-0.15, -0.1) is 0 Å². The largest absolute Gasteiger partial charge is 0.383 e. The topological polar surface area (TPSA) is 107 Å². The average molecular weight is 298 g/mol. The van der Waals surface area contributed by atoms with Crippen LogP contribution in [-0.4, -0.2) is 73.4 Å². The molecule has 21 heavy (non-hydrogen) atoms. The number of carbonyl (C=O) groups excluding carboxylic acids is 2. The van der Waals surface area contributed by atoms with Crippen molar-refractivity contribution in [1.29, 1.82) is 0 Å². The van der Waals surface area contributed by atoms with Gasteiger partial charge in [0.2, 0.25) is 5.91 Å². The lowest BCUT2D eigenvalue weighted by atomic mass is 10.3. The molecule has 0 aromatic carbocycles. The molecule has 0 unspecified atom stereocenters. The molecule has 1 fully saturated rings. The maximum atomic E-state index is 12.0. The summed E-state index contributed by atoms with van der Waals surface area (Å²) in [6.07, 6.45) is 0.00878. The van der Waals surface area contributed by atoms with Gasteiger partial charge in [-0.05, 0) is 0 Å². The number of rotatable bonds is 6. The third-order valence-electron chi connectivity index (χ3n) is 2.93. The van der Waals surface area contributed by atoms with Gasteiger partial charge >= 0.3 is 11.8 Å². The van der Waals surface area contributed by atoms with Crippen molar-refractivity contribution >= 4 is 11.8 Å². The highest BCUT2D eigenvalue weighted by Gasteiger charge is 2.21. The molecular weight excluding hydrogens is 280 g/mol. The van der Waals surface area contributed by atoms with Crippen LogP contribution in [-0.2, 0) is 20.7 Å². The molecule has 9 nitrogen and oxygen atoms in total. The number of amides is 2. The molecule has 0 radical (unpaired) electrons. The molecule has 0 aliphatic carbocycles. The Labute approximate surface area is 121 Å². The molecule has 9 heteroatoms. The van der Waals surface area contributed by atoms with Crippen LogP contribution in [0.15, 0.2) is 4.52 Å². The molecule has 1 N–H and O–H groups in total. The van der Waals surface area contributed by atoms with Crippen molar-refractivity contribution in [2.75, 3.05) is 46.6 Å². The maximum Gasteiger partial charge on any atom is 0.315 e. The highest BCUT2D eigenvalue weighted by Crippen LogP contribution is 2.03. The second-order valence-electron chi connectivity index (χ2n) is 4.43. The van der Waals surface area contributed by atoms with E-state index in [9.17, 15) is 9.59 Å². The van der Waals surface area contributed by atoms with Crippen LogP contribution in [0.2, 0.25) is 0 Å². The van der Waals surface area contributed by atoms with E-state index in [1.165, 1.54) is 7.11 Å². The van der Waals surface area contributed by atoms with E-state index in [4.69, 9.17) is 14.0 Å². The van der Waals surface area contributed by atoms with Crippen LogP contribution in [0.25, 0.3) is 0 Å². The van der Waals surface area contributed by atoms with Crippen molar-refractivity contribution < 1.29 is 23.6 Å². The summed E-state index contributed by atoms with van der Waals surface area (Å²) < 4.78 is 14.8. The van der Waals surface area contributed by atoms with Crippen LogP contribution in [0.1, 0.15) is 16.5 Å². The molecule has 2 rings (SSSR count). The van der Waals surface area contributed by atoms with Crippen molar-refractivity contribution in [3.05, 3.63) is 11.7 Å². The molecule has 1 aliphatic heterocycles. The molecule has 1 aromatic rings. The third kappa shape index (κ3) is 4.50. The fraction of sp³-hybridized carbons (Fsp3) is 0.667. The SMILES string of the molecule is COCCNC(=O)c1nc(CC(=O)N2CCOCC2)no1. The normalized spacial score (nSPS) is 15.0. The number of ether oxygens (including phenoxy) is 2. The number of hydrogen-bond donors (Lipinski definition) is 1. The highest BCUT2D eigenvalue weighted by atomic mass is 16.5. The van der Waals surface area contributed by atoms with E-state index in [1.807, 2.05) is 0 Å². The van der Waals surface area contributed by atoms with Gasteiger partial charge in [0.05, 0.1) is 26.2 Å². The number of methoxy groups -OCH3 is 1. The van der Waals surface area contributed by atoms with Gasteiger partial charge in [-0.2, -0.15) is 4.98 Å². The van der Waals surface area contributed by atoms with E-state index < -0.39 is 5.91 Å². The van der Waals surface area contributed by atoms with Crippen LogP contribution in [0, 0.1) is 0 Å². The Morgan fingerprint density at radius 3 is 2.86 bits per heavy atom. The molecule has 1 saturated heterocycles. The first kappa shape index (κ1) is 15.4. The summed E-state index contributed by atoms with van der Waals surface area (Å²) in [5.74, 6) is -0.547. The molecule has 1 aromatic heterocycles. The molecule has 2 heterocycles. The zero-order valence-electron chi connectivity index (χ0n) is 11.8. The minimum Gasteiger partial charge on any atom is -0.383 e. The van der Waals surface area contributed by atoms with Gasteiger partial charge in [0.25, 0.3) is 0 Å². The predicted octanol–water partition coefficient (Wildman–Crippen LogP) is -1.15. The fourth-order valence-electron chi connectivity index (χ4n) is 1.82. The van der Waals surface area contributed by atoms with E-state index in [0.717, 1.165) is 0 Å². The molecular formula is C12H18N4O5. The Balaban J connectivity index is 1.84. The lowest BCUT2D eigenvalue weighted by molar-refractivity contribution is -0.134. The van der Waals surface area contributed by atoms with Crippen molar-refractivity contribution in [2.45, 2.75) is 6.42 Å². The van der Waals surface area contributed by atoms with Gasteiger partial charge in [-0.25, -0.2) is 0 Å². The van der Waals surface area contributed by atoms with Gasteiger partial charge in [0, 0.05) is 26.7 Å². The number of nitrogens with zero attached hydrogens (tertiary/aromatic N) is 3. The summed E-state index contributed by atoms with van der Waals surface area (Å²) in [4.78, 5) is 29.2. The molecule has 1 aliphatic rings. The number of nitrogens with one attached hydrogen (secondary N) is 1. The van der Waals surface area contributed by atoms with E-state index in [0.29, 0.717) is 39.5 Å². The molecule has 0 atom stereocenters. The smallest absolute Gasteiger partial charge is 0.315 e. The van der Waals surface area contributed by atoms with Gasteiger partial charge in [0.1, 0.15) is 0 Å². The van der Waals surface area contributed by atoms with Crippen molar-refractivity contribution in [3.63, 3.8) is 0 Å². The standard InChI is InChI=1S/C12H18N4O5/c1-19-5-2-13-11(18)12-14-9(15-21-12)8-10(17)16-3-6-20-7-4-16/h2-8H2,1H3,(H,13,18). The summed E-state index contributed by atoms with van der Waals surface area (Å²) in [5, 5.41) is 6.20.